The van der Waals surface area contributed by atoms with Crippen molar-refractivity contribution in [3.63, 3.8) is 0 Å². The average molecular weight is 313 g/mol. The number of hydrogen-bond acceptors (Lipinski definition) is 4. The second-order valence-corrected chi connectivity index (χ2v) is 8.06. The Morgan fingerprint density at radius 2 is 1.95 bits per heavy atom. The number of halogens is 1. The lowest BCUT2D eigenvalue weighted by Crippen LogP contribution is -2.46. The van der Waals surface area contributed by atoms with Crippen molar-refractivity contribution in [1.82, 2.24) is 9.29 Å². The van der Waals surface area contributed by atoms with E-state index in [-0.39, 0.29) is 17.1 Å². The lowest BCUT2D eigenvalue weighted by molar-refractivity contribution is 0.310. The van der Waals surface area contributed by atoms with E-state index >= 15 is 0 Å². The highest BCUT2D eigenvalue weighted by Gasteiger charge is 2.41. The van der Waals surface area contributed by atoms with E-state index < -0.39 is 10.0 Å². The van der Waals surface area contributed by atoms with Crippen LogP contribution in [-0.2, 0) is 10.0 Å². The van der Waals surface area contributed by atoms with Crippen LogP contribution in [-0.4, -0.2) is 49.1 Å². The molecule has 7 heteroatoms. The minimum atomic E-state index is -3.13. The van der Waals surface area contributed by atoms with Gasteiger partial charge in [-0.05, 0) is 37.8 Å². The third-order valence-electron chi connectivity index (χ3n) is 4.36. The van der Waals surface area contributed by atoms with Gasteiger partial charge in [-0.15, -0.1) is 0 Å². The van der Waals surface area contributed by atoms with E-state index in [0.29, 0.717) is 31.7 Å². The summed E-state index contributed by atoms with van der Waals surface area (Å²) in [5, 5.41) is -0.172. The molecule has 1 aromatic heterocycles. The summed E-state index contributed by atoms with van der Waals surface area (Å²) >= 11 is 0. The molecular formula is C14H20FN3O2S. The zero-order chi connectivity index (χ0) is 15.0. The van der Waals surface area contributed by atoms with Gasteiger partial charge in [0, 0.05) is 32.4 Å². The van der Waals surface area contributed by atoms with E-state index in [9.17, 15) is 12.8 Å². The monoisotopic (exact) mass is 313 g/mol. The Kier molecular flexibility index (Phi) is 3.88. The maximum Gasteiger partial charge on any atom is 0.216 e. The molecule has 3 rings (SSSR count). The van der Waals surface area contributed by atoms with Crippen LogP contribution in [0.25, 0.3) is 0 Å². The van der Waals surface area contributed by atoms with Crippen LogP contribution in [0.5, 0.6) is 0 Å². The fraction of sp³-hybridized carbons (Fsp3) is 0.643. The van der Waals surface area contributed by atoms with E-state index in [4.69, 9.17) is 0 Å². The normalized spacial score (nSPS) is 21.0. The molecule has 116 valence electrons. The molecule has 1 aliphatic carbocycles. The summed E-state index contributed by atoms with van der Waals surface area (Å²) in [6, 6.07) is 2.98. The van der Waals surface area contributed by atoms with Crippen molar-refractivity contribution in [2.45, 2.75) is 37.0 Å². The van der Waals surface area contributed by atoms with Gasteiger partial charge in [0.05, 0.1) is 5.25 Å². The first-order valence-electron chi connectivity index (χ1n) is 7.32. The van der Waals surface area contributed by atoms with Gasteiger partial charge in [0.15, 0.2) is 11.6 Å². The van der Waals surface area contributed by atoms with Gasteiger partial charge in [0.25, 0.3) is 0 Å². The number of aromatic nitrogens is 1. The molecule has 0 radical (unpaired) electrons. The van der Waals surface area contributed by atoms with Gasteiger partial charge >= 0.3 is 0 Å². The van der Waals surface area contributed by atoms with Gasteiger partial charge in [-0.25, -0.2) is 22.1 Å². The summed E-state index contributed by atoms with van der Waals surface area (Å²) in [6.45, 7) is 1.26. The molecule has 0 unspecified atom stereocenters. The van der Waals surface area contributed by atoms with Gasteiger partial charge in [-0.2, -0.15) is 0 Å². The Hall–Kier alpha value is -1.21. The molecule has 1 saturated carbocycles. The van der Waals surface area contributed by atoms with E-state index in [1.54, 1.807) is 19.3 Å². The minimum absolute atomic E-state index is 0.0126. The predicted molar refractivity (Wildman–Crippen MR) is 79.1 cm³/mol. The summed E-state index contributed by atoms with van der Waals surface area (Å²) in [5.74, 6) is 0.0403. The fourth-order valence-corrected chi connectivity index (χ4v) is 4.69. The highest BCUT2D eigenvalue weighted by Crippen LogP contribution is 2.33. The first-order valence-corrected chi connectivity index (χ1v) is 8.83. The van der Waals surface area contributed by atoms with Gasteiger partial charge in [-0.3, -0.25) is 0 Å². The molecule has 0 spiro atoms. The van der Waals surface area contributed by atoms with Crippen LogP contribution in [0.1, 0.15) is 25.7 Å². The van der Waals surface area contributed by atoms with E-state index in [1.165, 1.54) is 10.4 Å². The number of nitrogens with zero attached hydrogens (tertiary/aromatic N) is 3. The highest BCUT2D eigenvalue weighted by molar-refractivity contribution is 7.90. The van der Waals surface area contributed by atoms with Crippen LogP contribution in [0.3, 0.4) is 0 Å². The number of sulfonamides is 1. The maximum atomic E-state index is 13.7. The largest absolute Gasteiger partial charge is 0.354 e. The summed E-state index contributed by atoms with van der Waals surface area (Å²) in [4.78, 5) is 5.97. The third kappa shape index (κ3) is 2.89. The van der Waals surface area contributed by atoms with Crippen molar-refractivity contribution < 1.29 is 12.8 Å². The Morgan fingerprint density at radius 1 is 1.29 bits per heavy atom. The molecular weight excluding hydrogens is 293 g/mol. The number of anilines is 1. The van der Waals surface area contributed by atoms with Crippen molar-refractivity contribution in [2.75, 3.05) is 25.0 Å². The number of rotatable bonds is 4. The minimum Gasteiger partial charge on any atom is -0.354 e. The molecule has 21 heavy (non-hydrogen) atoms. The van der Waals surface area contributed by atoms with E-state index in [1.807, 2.05) is 4.90 Å². The Labute approximate surface area is 124 Å². The molecule has 1 aliphatic heterocycles. The summed E-state index contributed by atoms with van der Waals surface area (Å²) < 4.78 is 39.7. The molecule has 2 aliphatic rings. The number of hydrogen-bond donors (Lipinski definition) is 0. The fourth-order valence-electron chi connectivity index (χ4n) is 2.86. The van der Waals surface area contributed by atoms with Gasteiger partial charge in [0.1, 0.15) is 0 Å². The molecule has 1 saturated heterocycles. The molecule has 1 aromatic rings. The maximum absolute atomic E-state index is 13.7. The second kappa shape index (κ2) is 5.53. The van der Waals surface area contributed by atoms with Crippen LogP contribution in [0.4, 0.5) is 10.2 Å². The third-order valence-corrected chi connectivity index (χ3v) is 6.78. The van der Waals surface area contributed by atoms with Crippen LogP contribution < -0.4 is 4.90 Å². The van der Waals surface area contributed by atoms with Gasteiger partial charge in [-0.1, -0.05) is 0 Å². The van der Waals surface area contributed by atoms with Gasteiger partial charge < -0.3 is 4.90 Å². The first-order chi connectivity index (χ1) is 10.00. The van der Waals surface area contributed by atoms with Crippen molar-refractivity contribution in [3.8, 4) is 0 Å². The molecule has 2 heterocycles. The molecule has 0 amide bonds. The lowest BCUT2D eigenvalue weighted by Gasteiger charge is -2.36. The van der Waals surface area contributed by atoms with Crippen LogP contribution in [0.2, 0.25) is 0 Å². The molecule has 0 bridgehead atoms. The van der Waals surface area contributed by atoms with Crippen molar-refractivity contribution in [1.29, 1.82) is 0 Å². The average Bonchev–Trinajstić information content (AvgIpc) is 3.32. The van der Waals surface area contributed by atoms with Crippen molar-refractivity contribution in [2.24, 2.45) is 0 Å². The lowest BCUT2D eigenvalue weighted by atomic mass is 10.1. The summed E-state index contributed by atoms with van der Waals surface area (Å²) in [5.41, 5.74) is 0. The zero-order valence-electron chi connectivity index (χ0n) is 12.1. The molecule has 0 atom stereocenters. The summed E-state index contributed by atoms with van der Waals surface area (Å²) in [6.07, 6.45) is 4.56. The van der Waals surface area contributed by atoms with Crippen LogP contribution in [0, 0.1) is 5.82 Å². The van der Waals surface area contributed by atoms with Crippen molar-refractivity contribution >= 4 is 15.8 Å². The zero-order valence-corrected chi connectivity index (χ0v) is 12.9. The Bertz CT molecular complexity index is 610. The molecule has 2 fully saturated rings. The summed E-state index contributed by atoms with van der Waals surface area (Å²) in [7, 11) is -1.45. The van der Waals surface area contributed by atoms with E-state index in [2.05, 4.69) is 4.98 Å². The van der Waals surface area contributed by atoms with Gasteiger partial charge in [0.2, 0.25) is 10.0 Å². The molecule has 5 nitrogen and oxygen atoms in total. The molecule has 0 N–H and O–H groups in total. The Morgan fingerprint density at radius 3 is 2.52 bits per heavy atom. The number of piperidine rings is 1. The van der Waals surface area contributed by atoms with Crippen LogP contribution in [0.15, 0.2) is 18.3 Å². The molecule has 0 aromatic carbocycles. The van der Waals surface area contributed by atoms with E-state index in [0.717, 1.165) is 12.8 Å². The van der Waals surface area contributed by atoms with Crippen molar-refractivity contribution in [3.05, 3.63) is 24.1 Å². The SMILES string of the molecule is CN(C1CCN(c2ncccc2F)CC1)S(=O)(=O)C1CC1. The number of pyridine rings is 1. The quantitative estimate of drug-likeness (QED) is 0.847. The topological polar surface area (TPSA) is 53.5 Å². The van der Waals surface area contributed by atoms with Crippen LogP contribution >= 0.6 is 0 Å². The smallest absolute Gasteiger partial charge is 0.216 e. The Balaban J connectivity index is 1.64. The predicted octanol–water partition coefficient (Wildman–Crippen LogP) is 1.61. The highest BCUT2D eigenvalue weighted by atomic mass is 32.2. The second-order valence-electron chi connectivity index (χ2n) is 5.79. The first kappa shape index (κ1) is 14.7. The standard InChI is InChI=1S/C14H20FN3O2S/c1-17(21(19,20)12-4-5-12)11-6-9-18(10-7-11)14-13(15)3-2-8-16-14/h2-3,8,11-12H,4-7,9-10H2,1H3.